The van der Waals surface area contributed by atoms with Crippen LogP contribution in [0, 0.1) is 6.57 Å². The third-order valence-corrected chi connectivity index (χ3v) is 2.36. The molecule has 0 saturated carbocycles. The van der Waals surface area contributed by atoms with E-state index in [-0.39, 0.29) is 18.2 Å². The molecule has 1 rings (SSSR count). The molecule has 0 aliphatic carbocycles. The molecule has 1 saturated heterocycles. The van der Waals surface area contributed by atoms with Crippen LogP contribution in [0.15, 0.2) is 0 Å². The maximum atomic E-state index is 11.7. The summed E-state index contributed by atoms with van der Waals surface area (Å²) in [6.45, 7) is 14.9. The molecule has 4 nitrogen and oxygen atoms in total. The summed E-state index contributed by atoms with van der Waals surface area (Å²) < 4.78 is 5.27. The molecule has 0 aromatic carbocycles. The summed E-state index contributed by atoms with van der Waals surface area (Å²) in [5.74, 6) is 0. The fraction of sp³-hybridized carbons (Fsp3) is 0.818. The summed E-state index contributed by atoms with van der Waals surface area (Å²) in [7, 11) is 0. The Morgan fingerprint density at radius 3 is 2.53 bits per heavy atom. The van der Waals surface area contributed by atoms with Gasteiger partial charge in [-0.2, -0.15) is 0 Å². The van der Waals surface area contributed by atoms with E-state index in [2.05, 4.69) is 4.85 Å². The lowest BCUT2D eigenvalue weighted by atomic mass is 10.2. The Kier molecular flexibility index (Phi) is 3.23. The zero-order chi connectivity index (χ0) is 11.6. The predicted molar refractivity (Wildman–Crippen MR) is 57.4 cm³/mol. The van der Waals surface area contributed by atoms with E-state index in [4.69, 9.17) is 11.3 Å². The normalized spacial score (nSPS) is 26.2. The molecular weight excluding hydrogens is 192 g/mol. The van der Waals surface area contributed by atoms with E-state index in [1.54, 1.807) is 4.90 Å². The average molecular weight is 210 g/mol. The summed E-state index contributed by atoms with van der Waals surface area (Å²) in [6, 6.07) is 0.0477. The molecule has 15 heavy (non-hydrogen) atoms. The molecule has 1 heterocycles. The van der Waals surface area contributed by atoms with Gasteiger partial charge < -0.3 is 9.58 Å². The van der Waals surface area contributed by atoms with Crippen molar-refractivity contribution in [1.82, 2.24) is 4.90 Å². The van der Waals surface area contributed by atoms with Crippen molar-refractivity contribution in [2.75, 3.05) is 6.54 Å². The number of hydrogen-bond donors (Lipinski definition) is 0. The molecule has 1 amide bonds. The molecule has 84 valence electrons. The van der Waals surface area contributed by atoms with Gasteiger partial charge in [0.15, 0.2) is 0 Å². The SMILES string of the molecule is [C-]#[N+][C@@H]1C[C@H](C)N(C(=O)OC(C)(C)C)C1. The van der Waals surface area contributed by atoms with E-state index >= 15 is 0 Å². The Morgan fingerprint density at radius 2 is 2.13 bits per heavy atom. The first-order valence-electron chi connectivity index (χ1n) is 5.19. The van der Waals surface area contributed by atoms with Crippen LogP contribution in [0.1, 0.15) is 34.1 Å². The molecule has 2 atom stereocenters. The molecule has 1 aliphatic rings. The smallest absolute Gasteiger partial charge is 0.410 e. The van der Waals surface area contributed by atoms with Gasteiger partial charge in [0.05, 0.1) is 6.54 Å². The Bertz CT molecular complexity index is 288. The Hall–Kier alpha value is -1.24. The van der Waals surface area contributed by atoms with Gasteiger partial charge in [0.1, 0.15) is 5.60 Å². The second-order valence-corrected chi connectivity index (χ2v) is 5.00. The number of ether oxygens (including phenoxy) is 1. The van der Waals surface area contributed by atoms with Crippen LogP contribution >= 0.6 is 0 Å². The van der Waals surface area contributed by atoms with Gasteiger partial charge in [0.2, 0.25) is 6.04 Å². The first-order chi connectivity index (χ1) is 6.83. The number of rotatable bonds is 0. The second-order valence-electron chi connectivity index (χ2n) is 5.00. The number of carbonyl (C=O) groups excluding carboxylic acids is 1. The Balaban J connectivity index is 2.59. The van der Waals surface area contributed by atoms with E-state index in [0.717, 1.165) is 6.42 Å². The summed E-state index contributed by atoms with van der Waals surface area (Å²) in [5.41, 5.74) is -0.465. The lowest BCUT2D eigenvalue weighted by molar-refractivity contribution is 0.0238. The van der Waals surface area contributed by atoms with Crippen LogP contribution in [0.3, 0.4) is 0 Å². The fourth-order valence-electron chi connectivity index (χ4n) is 1.67. The Labute approximate surface area is 91.0 Å². The molecule has 0 aromatic heterocycles. The Morgan fingerprint density at radius 1 is 1.53 bits per heavy atom. The highest BCUT2D eigenvalue weighted by atomic mass is 16.6. The van der Waals surface area contributed by atoms with Crippen LogP contribution in [-0.4, -0.2) is 35.2 Å². The van der Waals surface area contributed by atoms with Gasteiger partial charge in [-0.3, -0.25) is 4.90 Å². The van der Waals surface area contributed by atoms with E-state index in [0.29, 0.717) is 6.54 Å². The maximum absolute atomic E-state index is 11.7. The van der Waals surface area contributed by atoms with Gasteiger partial charge >= 0.3 is 6.09 Å². The molecule has 1 aliphatic heterocycles. The number of likely N-dealkylation sites (tertiary alicyclic amines) is 1. The molecule has 4 heteroatoms. The molecule has 0 bridgehead atoms. The summed E-state index contributed by atoms with van der Waals surface area (Å²) in [5, 5.41) is 0. The fourth-order valence-corrected chi connectivity index (χ4v) is 1.67. The van der Waals surface area contributed by atoms with Crippen molar-refractivity contribution in [1.29, 1.82) is 0 Å². The number of carbonyl (C=O) groups is 1. The summed E-state index contributed by atoms with van der Waals surface area (Å²) in [4.78, 5) is 16.8. The third kappa shape index (κ3) is 3.12. The minimum absolute atomic E-state index is 0.0625. The van der Waals surface area contributed by atoms with Gasteiger partial charge in [0, 0.05) is 12.5 Å². The highest BCUT2D eigenvalue weighted by molar-refractivity contribution is 5.69. The van der Waals surface area contributed by atoms with Gasteiger partial charge in [-0.15, -0.1) is 0 Å². The average Bonchev–Trinajstić information content (AvgIpc) is 2.43. The van der Waals surface area contributed by atoms with Gasteiger partial charge in [0.25, 0.3) is 0 Å². The molecule has 0 spiro atoms. The van der Waals surface area contributed by atoms with E-state index in [1.165, 1.54) is 0 Å². The van der Waals surface area contributed by atoms with Gasteiger partial charge in [-0.25, -0.2) is 11.4 Å². The maximum Gasteiger partial charge on any atom is 0.410 e. The van der Waals surface area contributed by atoms with Crippen molar-refractivity contribution in [2.45, 2.75) is 51.8 Å². The van der Waals surface area contributed by atoms with Crippen LogP contribution in [0.25, 0.3) is 4.85 Å². The molecule has 0 radical (unpaired) electrons. The van der Waals surface area contributed by atoms with E-state index in [9.17, 15) is 4.79 Å². The molecule has 0 N–H and O–H groups in total. The highest BCUT2D eigenvalue weighted by Crippen LogP contribution is 2.22. The molecular formula is C11H18N2O2. The minimum atomic E-state index is -0.465. The molecule has 1 fully saturated rings. The van der Waals surface area contributed by atoms with E-state index < -0.39 is 5.60 Å². The van der Waals surface area contributed by atoms with Crippen LogP contribution < -0.4 is 0 Å². The van der Waals surface area contributed by atoms with Gasteiger partial charge in [-0.1, -0.05) is 0 Å². The zero-order valence-corrected chi connectivity index (χ0v) is 9.78. The number of amides is 1. The van der Waals surface area contributed by atoms with Crippen LogP contribution in [0.5, 0.6) is 0 Å². The quantitative estimate of drug-likeness (QED) is 0.575. The molecule has 0 unspecified atom stereocenters. The topological polar surface area (TPSA) is 33.9 Å². The first kappa shape index (κ1) is 11.8. The standard InChI is InChI=1S/C11H18N2O2/c1-8-6-9(12-5)7-13(8)10(14)15-11(2,3)4/h8-9H,6-7H2,1-4H3/t8-,9+/m0/s1. The van der Waals surface area contributed by atoms with Crippen molar-refractivity contribution >= 4 is 6.09 Å². The van der Waals surface area contributed by atoms with E-state index in [1.807, 2.05) is 27.7 Å². The number of nitrogens with zero attached hydrogens (tertiary/aromatic N) is 2. The van der Waals surface area contributed by atoms with Crippen molar-refractivity contribution in [3.63, 3.8) is 0 Å². The van der Waals surface area contributed by atoms with Crippen molar-refractivity contribution in [2.24, 2.45) is 0 Å². The highest BCUT2D eigenvalue weighted by Gasteiger charge is 2.38. The van der Waals surface area contributed by atoms with Crippen molar-refractivity contribution < 1.29 is 9.53 Å². The summed E-state index contributed by atoms with van der Waals surface area (Å²) >= 11 is 0. The predicted octanol–water partition coefficient (Wildman–Crippen LogP) is 2.30. The van der Waals surface area contributed by atoms with Crippen LogP contribution in [-0.2, 0) is 4.74 Å². The lowest BCUT2D eigenvalue weighted by Crippen LogP contribution is -2.38. The monoisotopic (exact) mass is 210 g/mol. The first-order valence-corrected chi connectivity index (χ1v) is 5.19. The third-order valence-electron chi connectivity index (χ3n) is 2.36. The second kappa shape index (κ2) is 4.09. The van der Waals surface area contributed by atoms with Crippen molar-refractivity contribution in [3.8, 4) is 0 Å². The number of hydrogen-bond acceptors (Lipinski definition) is 2. The largest absolute Gasteiger partial charge is 0.444 e. The lowest BCUT2D eigenvalue weighted by Gasteiger charge is -2.26. The summed E-state index contributed by atoms with van der Waals surface area (Å²) in [6.07, 6.45) is 0.448. The zero-order valence-electron chi connectivity index (χ0n) is 9.78. The molecule has 0 aromatic rings. The van der Waals surface area contributed by atoms with Crippen LogP contribution in [0.4, 0.5) is 4.79 Å². The van der Waals surface area contributed by atoms with Crippen LogP contribution in [0.2, 0.25) is 0 Å². The van der Waals surface area contributed by atoms with Gasteiger partial charge in [-0.05, 0) is 27.7 Å². The van der Waals surface area contributed by atoms with Crippen molar-refractivity contribution in [3.05, 3.63) is 11.4 Å². The minimum Gasteiger partial charge on any atom is -0.444 e.